The number of urea groups is 1. The Morgan fingerprint density at radius 3 is 2.58 bits per heavy atom. The van der Waals surface area contributed by atoms with Crippen molar-refractivity contribution in [2.24, 2.45) is 0 Å². The summed E-state index contributed by atoms with van der Waals surface area (Å²) in [7, 11) is 1.51. The van der Waals surface area contributed by atoms with E-state index in [1.807, 2.05) is 6.07 Å². The van der Waals surface area contributed by atoms with Crippen molar-refractivity contribution in [1.29, 1.82) is 5.26 Å². The predicted octanol–water partition coefficient (Wildman–Crippen LogP) is 1.37. The first-order valence-corrected chi connectivity index (χ1v) is 5.72. The van der Waals surface area contributed by atoms with E-state index in [-0.39, 0.29) is 13.0 Å². The molecule has 0 aliphatic rings. The molecule has 0 fully saturated rings. The fourth-order valence-electron chi connectivity index (χ4n) is 1.49. The zero-order valence-electron chi connectivity index (χ0n) is 10.5. The topological polar surface area (TPSA) is 93.4 Å². The van der Waals surface area contributed by atoms with Gasteiger partial charge in [0.15, 0.2) is 6.04 Å². The van der Waals surface area contributed by atoms with Crippen LogP contribution in [0.3, 0.4) is 0 Å². The number of hydrogen-bond acceptors (Lipinski definition) is 3. The van der Waals surface area contributed by atoms with E-state index in [0.29, 0.717) is 5.56 Å². The van der Waals surface area contributed by atoms with Crippen LogP contribution in [0.25, 0.3) is 0 Å². The minimum absolute atomic E-state index is 0.201. The highest BCUT2D eigenvalue weighted by molar-refractivity contribution is 5.83. The number of rotatable bonds is 5. The minimum atomic E-state index is -1.13. The van der Waals surface area contributed by atoms with Gasteiger partial charge >= 0.3 is 12.0 Å². The number of nitrogens with one attached hydrogen (secondary N) is 1. The number of carboxylic acids is 1. The highest BCUT2D eigenvalue weighted by Gasteiger charge is 2.23. The molecule has 0 unspecified atom stereocenters. The summed E-state index contributed by atoms with van der Waals surface area (Å²) in [6.45, 7) is 0.253. The van der Waals surface area contributed by atoms with Gasteiger partial charge in [-0.25, -0.2) is 9.59 Å². The van der Waals surface area contributed by atoms with E-state index in [1.54, 1.807) is 30.3 Å². The number of carboxylic acid groups (broad SMARTS) is 1. The number of carbonyl (C=O) groups is 2. The zero-order chi connectivity index (χ0) is 14.3. The third-order valence-corrected chi connectivity index (χ3v) is 2.55. The molecule has 0 aromatic heterocycles. The second-order valence-electron chi connectivity index (χ2n) is 3.96. The summed E-state index contributed by atoms with van der Waals surface area (Å²) in [5, 5.41) is 20.0. The fraction of sp³-hybridized carbons (Fsp3) is 0.308. The molecule has 100 valence electrons. The van der Waals surface area contributed by atoms with Gasteiger partial charge in [-0.15, -0.1) is 0 Å². The molecule has 0 saturated carbocycles. The molecule has 2 N–H and O–H groups in total. The largest absolute Gasteiger partial charge is 0.479 e. The average molecular weight is 261 g/mol. The van der Waals surface area contributed by atoms with Crippen molar-refractivity contribution >= 4 is 12.0 Å². The third-order valence-electron chi connectivity index (χ3n) is 2.55. The Balaban J connectivity index is 2.73. The van der Waals surface area contributed by atoms with Crippen LogP contribution in [0.5, 0.6) is 0 Å². The first kappa shape index (κ1) is 14.5. The SMILES string of the molecule is CN(CCC#N)C(=O)N[C@@H](C(=O)O)c1ccccc1. The lowest BCUT2D eigenvalue weighted by atomic mass is 10.1. The maximum Gasteiger partial charge on any atom is 0.330 e. The molecular formula is C13H15N3O3. The van der Waals surface area contributed by atoms with Crippen LogP contribution in [-0.2, 0) is 4.79 Å². The van der Waals surface area contributed by atoms with Crippen molar-refractivity contribution < 1.29 is 14.7 Å². The van der Waals surface area contributed by atoms with Gasteiger partial charge < -0.3 is 15.3 Å². The molecule has 0 heterocycles. The summed E-state index contributed by atoms with van der Waals surface area (Å²) >= 11 is 0. The first-order chi connectivity index (χ1) is 9.06. The van der Waals surface area contributed by atoms with Gasteiger partial charge in [-0.1, -0.05) is 30.3 Å². The summed E-state index contributed by atoms with van der Waals surface area (Å²) in [6.07, 6.45) is 0.201. The Kier molecular flexibility index (Phi) is 5.35. The van der Waals surface area contributed by atoms with E-state index in [9.17, 15) is 9.59 Å². The van der Waals surface area contributed by atoms with E-state index in [4.69, 9.17) is 10.4 Å². The van der Waals surface area contributed by atoms with E-state index < -0.39 is 18.0 Å². The van der Waals surface area contributed by atoms with Gasteiger partial charge in [0.2, 0.25) is 0 Å². The van der Waals surface area contributed by atoms with Crippen molar-refractivity contribution in [3.8, 4) is 6.07 Å². The van der Waals surface area contributed by atoms with Crippen LogP contribution >= 0.6 is 0 Å². The lowest BCUT2D eigenvalue weighted by Crippen LogP contribution is -2.42. The molecule has 0 aliphatic heterocycles. The number of nitrogens with zero attached hydrogens (tertiary/aromatic N) is 2. The van der Waals surface area contributed by atoms with Gasteiger partial charge in [-0.2, -0.15) is 5.26 Å². The van der Waals surface area contributed by atoms with Crippen molar-refractivity contribution in [1.82, 2.24) is 10.2 Å². The maximum atomic E-state index is 11.8. The molecule has 6 nitrogen and oxygen atoms in total. The molecule has 0 radical (unpaired) electrons. The Morgan fingerprint density at radius 2 is 2.05 bits per heavy atom. The molecular weight excluding hydrogens is 246 g/mol. The molecule has 19 heavy (non-hydrogen) atoms. The molecule has 1 aromatic rings. The van der Waals surface area contributed by atoms with Gasteiger partial charge in [0, 0.05) is 13.6 Å². The highest BCUT2D eigenvalue weighted by atomic mass is 16.4. The number of benzene rings is 1. The van der Waals surface area contributed by atoms with E-state index in [0.717, 1.165) is 0 Å². The number of carbonyl (C=O) groups excluding carboxylic acids is 1. The molecule has 0 aliphatic carbocycles. The lowest BCUT2D eigenvalue weighted by molar-refractivity contribution is -0.139. The molecule has 0 bridgehead atoms. The van der Waals surface area contributed by atoms with Crippen molar-refractivity contribution in [2.75, 3.05) is 13.6 Å². The first-order valence-electron chi connectivity index (χ1n) is 5.72. The summed E-state index contributed by atoms with van der Waals surface area (Å²) in [5.74, 6) is -1.13. The predicted molar refractivity (Wildman–Crippen MR) is 68.2 cm³/mol. The number of aliphatic carboxylic acids is 1. The summed E-state index contributed by atoms with van der Waals surface area (Å²) < 4.78 is 0. The quantitative estimate of drug-likeness (QED) is 0.837. The smallest absolute Gasteiger partial charge is 0.330 e. The third kappa shape index (κ3) is 4.32. The molecule has 0 saturated heterocycles. The van der Waals surface area contributed by atoms with Gasteiger partial charge in [-0.05, 0) is 5.56 Å². The van der Waals surface area contributed by atoms with Crippen LogP contribution in [0.15, 0.2) is 30.3 Å². The second-order valence-corrected chi connectivity index (χ2v) is 3.96. The zero-order valence-corrected chi connectivity index (χ0v) is 10.5. The monoisotopic (exact) mass is 261 g/mol. The van der Waals surface area contributed by atoms with Crippen LogP contribution in [0, 0.1) is 11.3 Å². The van der Waals surface area contributed by atoms with Crippen LogP contribution in [-0.4, -0.2) is 35.6 Å². The molecule has 2 amide bonds. The maximum absolute atomic E-state index is 11.8. The lowest BCUT2D eigenvalue weighted by Gasteiger charge is -2.20. The van der Waals surface area contributed by atoms with Gasteiger partial charge in [0.05, 0.1) is 12.5 Å². The van der Waals surface area contributed by atoms with Crippen molar-refractivity contribution in [2.45, 2.75) is 12.5 Å². The summed E-state index contributed by atoms with van der Waals surface area (Å²) in [4.78, 5) is 24.2. The standard InChI is InChI=1S/C13H15N3O3/c1-16(9-5-8-14)13(19)15-11(12(17)18)10-6-3-2-4-7-10/h2-4,6-7,11H,5,9H2,1H3,(H,15,19)(H,17,18)/t11-/m1/s1. The summed E-state index contributed by atoms with van der Waals surface area (Å²) in [6, 6.07) is 8.75. The number of nitriles is 1. The average Bonchev–Trinajstić information content (AvgIpc) is 2.42. The molecule has 1 rings (SSSR count). The Labute approximate surface area is 111 Å². The van der Waals surface area contributed by atoms with Crippen LogP contribution < -0.4 is 5.32 Å². The molecule has 1 atom stereocenters. The summed E-state index contributed by atoms with van der Waals surface area (Å²) in [5.41, 5.74) is 0.497. The Morgan fingerprint density at radius 1 is 1.42 bits per heavy atom. The van der Waals surface area contributed by atoms with Gasteiger partial charge in [0.25, 0.3) is 0 Å². The van der Waals surface area contributed by atoms with Crippen molar-refractivity contribution in [3.63, 3.8) is 0 Å². The fourth-order valence-corrected chi connectivity index (χ4v) is 1.49. The normalized spacial score (nSPS) is 11.2. The Bertz CT molecular complexity index is 482. The van der Waals surface area contributed by atoms with E-state index >= 15 is 0 Å². The molecule has 0 spiro atoms. The minimum Gasteiger partial charge on any atom is -0.479 e. The van der Waals surface area contributed by atoms with Crippen LogP contribution in [0.4, 0.5) is 4.79 Å². The van der Waals surface area contributed by atoms with Gasteiger partial charge in [-0.3, -0.25) is 0 Å². The Hall–Kier alpha value is -2.55. The van der Waals surface area contributed by atoms with E-state index in [2.05, 4.69) is 5.32 Å². The van der Waals surface area contributed by atoms with Gasteiger partial charge in [0.1, 0.15) is 0 Å². The van der Waals surface area contributed by atoms with Crippen LogP contribution in [0.1, 0.15) is 18.0 Å². The molecule has 6 heteroatoms. The van der Waals surface area contributed by atoms with Crippen LogP contribution in [0.2, 0.25) is 0 Å². The number of amides is 2. The molecule has 1 aromatic carbocycles. The number of hydrogen-bond donors (Lipinski definition) is 2. The van der Waals surface area contributed by atoms with E-state index in [1.165, 1.54) is 11.9 Å². The highest BCUT2D eigenvalue weighted by Crippen LogP contribution is 2.12. The second kappa shape index (κ2) is 7.01. The van der Waals surface area contributed by atoms with Crippen molar-refractivity contribution in [3.05, 3.63) is 35.9 Å².